The van der Waals surface area contributed by atoms with Crippen LogP contribution >= 0.6 is 0 Å². The Labute approximate surface area is 120 Å². The quantitative estimate of drug-likeness (QED) is 0.899. The van der Waals surface area contributed by atoms with E-state index in [-0.39, 0.29) is 11.6 Å². The topological polar surface area (TPSA) is 50.4 Å². The highest BCUT2D eigenvalue weighted by Gasteiger charge is 2.34. The highest BCUT2D eigenvalue weighted by Crippen LogP contribution is 2.30. The van der Waals surface area contributed by atoms with Crippen LogP contribution in [0.2, 0.25) is 0 Å². The molecule has 1 aliphatic rings. The molecule has 0 bridgehead atoms. The van der Waals surface area contributed by atoms with Crippen LogP contribution in [0.15, 0.2) is 18.2 Å². The first-order valence-corrected chi connectivity index (χ1v) is 6.67. The summed E-state index contributed by atoms with van der Waals surface area (Å²) in [6, 6.07) is 3.38. The fraction of sp³-hybridized carbons (Fsp3) is 0.500. The van der Waals surface area contributed by atoms with Gasteiger partial charge in [0.1, 0.15) is 0 Å². The highest BCUT2D eigenvalue weighted by molar-refractivity contribution is 5.95. The third kappa shape index (κ3) is 3.87. The molecule has 0 radical (unpaired) electrons. The number of rotatable bonds is 4. The minimum Gasteiger partial charge on any atom is -0.432 e. The van der Waals surface area contributed by atoms with Crippen molar-refractivity contribution in [1.82, 2.24) is 5.32 Å². The Balaban J connectivity index is 2.05. The minimum atomic E-state index is -3.09. The molecule has 1 fully saturated rings. The summed E-state index contributed by atoms with van der Waals surface area (Å²) in [5, 5.41) is 5.79. The number of ether oxygens (including phenoxy) is 1. The molecule has 1 aromatic rings. The Hall–Kier alpha value is -1.76. The maximum Gasteiger partial charge on any atom is 0.387 e. The Morgan fingerprint density at radius 2 is 2.05 bits per heavy atom. The van der Waals surface area contributed by atoms with Gasteiger partial charge in [-0.05, 0) is 38.1 Å². The van der Waals surface area contributed by atoms with Gasteiger partial charge in [-0.1, -0.05) is 6.92 Å². The van der Waals surface area contributed by atoms with Gasteiger partial charge in [-0.2, -0.15) is 8.78 Å². The summed E-state index contributed by atoms with van der Waals surface area (Å²) < 4.78 is 41.7. The third-order valence-electron chi connectivity index (χ3n) is 3.66. The van der Waals surface area contributed by atoms with Crippen LogP contribution in [0, 0.1) is 11.2 Å². The predicted molar refractivity (Wildman–Crippen MR) is 71.9 cm³/mol. The number of piperidine rings is 1. The molecule has 1 amide bonds. The van der Waals surface area contributed by atoms with Crippen LogP contribution in [-0.4, -0.2) is 25.6 Å². The molecule has 116 valence electrons. The standard InChI is InChI=1S/C14H17F3N2O2/c1-14(4-6-18-7-5-14)12(20)19-9-2-3-11(10(15)8-9)21-13(16)17/h2-3,8,13,18H,4-7H2,1H3,(H,19,20). The van der Waals surface area contributed by atoms with Gasteiger partial charge in [0.25, 0.3) is 0 Å². The summed E-state index contributed by atoms with van der Waals surface area (Å²) in [5.74, 6) is -1.69. The molecule has 0 unspecified atom stereocenters. The molecule has 21 heavy (non-hydrogen) atoms. The number of hydrogen-bond acceptors (Lipinski definition) is 3. The number of nitrogens with one attached hydrogen (secondary N) is 2. The predicted octanol–water partition coefficient (Wildman–Crippen LogP) is 2.76. The Bertz CT molecular complexity index is 517. The van der Waals surface area contributed by atoms with Crippen LogP contribution in [0.1, 0.15) is 19.8 Å². The summed E-state index contributed by atoms with van der Waals surface area (Å²) >= 11 is 0. The fourth-order valence-corrected chi connectivity index (χ4v) is 2.26. The van der Waals surface area contributed by atoms with Gasteiger partial charge in [-0.25, -0.2) is 4.39 Å². The largest absolute Gasteiger partial charge is 0.432 e. The Kier molecular flexibility index (Phi) is 4.72. The average Bonchev–Trinajstić information content (AvgIpc) is 2.42. The van der Waals surface area contributed by atoms with Crippen molar-refractivity contribution in [2.24, 2.45) is 5.41 Å². The summed E-state index contributed by atoms with van der Waals surface area (Å²) in [7, 11) is 0. The monoisotopic (exact) mass is 302 g/mol. The SMILES string of the molecule is CC1(C(=O)Nc2ccc(OC(F)F)c(F)c2)CCNCC1. The fourth-order valence-electron chi connectivity index (χ4n) is 2.26. The molecule has 7 heteroatoms. The van der Waals surface area contributed by atoms with Crippen LogP contribution < -0.4 is 15.4 Å². The molecule has 0 atom stereocenters. The number of anilines is 1. The molecule has 0 spiro atoms. The second kappa shape index (κ2) is 6.34. The highest BCUT2D eigenvalue weighted by atomic mass is 19.3. The smallest absolute Gasteiger partial charge is 0.387 e. The van der Waals surface area contributed by atoms with E-state index in [0.717, 1.165) is 25.2 Å². The molecular formula is C14H17F3N2O2. The van der Waals surface area contributed by atoms with Gasteiger partial charge in [0.05, 0.1) is 0 Å². The van der Waals surface area contributed by atoms with Crippen molar-refractivity contribution in [2.45, 2.75) is 26.4 Å². The van der Waals surface area contributed by atoms with Crippen molar-refractivity contribution in [1.29, 1.82) is 0 Å². The van der Waals surface area contributed by atoms with E-state index in [2.05, 4.69) is 15.4 Å². The van der Waals surface area contributed by atoms with E-state index in [1.807, 2.05) is 6.92 Å². The lowest BCUT2D eigenvalue weighted by atomic mass is 9.80. The second-order valence-electron chi connectivity index (χ2n) is 5.29. The number of carbonyl (C=O) groups is 1. The summed E-state index contributed by atoms with van der Waals surface area (Å²) in [4.78, 5) is 12.3. The van der Waals surface area contributed by atoms with Crippen molar-refractivity contribution < 1.29 is 22.7 Å². The number of carbonyl (C=O) groups excluding carboxylic acids is 1. The Morgan fingerprint density at radius 1 is 1.38 bits per heavy atom. The lowest BCUT2D eigenvalue weighted by Crippen LogP contribution is -2.42. The van der Waals surface area contributed by atoms with E-state index in [1.165, 1.54) is 6.07 Å². The third-order valence-corrected chi connectivity index (χ3v) is 3.66. The number of alkyl halides is 2. The number of halogens is 3. The molecule has 0 aromatic heterocycles. The van der Waals surface area contributed by atoms with E-state index >= 15 is 0 Å². The first kappa shape index (κ1) is 15.6. The van der Waals surface area contributed by atoms with Crippen LogP contribution in [-0.2, 0) is 4.79 Å². The van der Waals surface area contributed by atoms with E-state index in [9.17, 15) is 18.0 Å². The minimum absolute atomic E-state index is 0.203. The second-order valence-corrected chi connectivity index (χ2v) is 5.29. The summed E-state index contributed by atoms with van der Waals surface area (Å²) in [6.45, 7) is 0.265. The number of hydrogen-bond donors (Lipinski definition) is 2. The molecule has 2 rings (SSSR count). The van der Waals surface area contributed by atoms with Gasteiger partial charge < -0.3 is 15.4 Å². The van der Waals surface area contributed by atoms with Crippen molar-refractivity contribution in [3.05, 3.63) is 24.0 Å². The van der Waals surface area contributed by atoms with Gasteiger partial charge in [0.15, 0.2) is 11.6 Å². The van der Waals surface area contributed by atoms with E-state index in [4.69, 9.17) is 0 Å². The number of benzene rings is 1. The lowest BCUT2D eigenvalue weighted by molar-refractivity contribution is -0.126. The first-order valence-electron chi connectivity index (χ1n) is 6.67. The van der Waals surface area contributed by atoms with E-state index in [0.29, 0.717) is 12.8 Å². The van der Waals surface area contributed by atoms with Crippen LogP contribution in [0.5, 0.6) is 5.75 Å². The summed E-state index contributed by atoms with van der Waals surface area (Å²) in [6.07, 6.45) is 1.38. The van der Waals surface area contributed by atoms with Crippen molar-refractivity contribution in [2.75, 3.05) is 18.4 Å². The van der Waals surface area contributed by atoms with Crippen molar-refractivity contribution in [3.63, 3.8) is 0 Å². The molecule has 1 aliphatic heterocycles. The van der Waals surface area contributed by atoms with Gasteiger partial charge in [-0.15, -0.1) is 0 Å². The van der Waals surface area contributed by atoms with Crippen molar-refractivity contribution in [3.8, 4) is 5.75 Å². The summed E-state index contributed by atoms with van der Waals surface area (Å²) in [5.41, 5.74) is -0.293. The van der Waals surface area contributed by atoms with Crippen LogP contribution in [0.4, 0.5) is 18.9 Å². The van der Waals surface area contributed by atoms with E-state index in [1.54, 1.807) is 0 Å². The molecule has 0 aliphatic carbocycles. The zero-order valence-electron chi connectivity index (χ0n) is 11.6. The molecule has 1 heterocycles. The van der Waals surface area contributed by atoms with Crippen molar-refractivity contribution >= 4 is 11.6 Å². The van der Waals surface area contributed by atoms with Gasteiger partial charge in [-0.3, -0.25) is 4.79 Å². The van der Waals surface area contributed by atoms with Crippen LogP contribution in [0.25, 0.3) is 0 Å². The zero-order valence-corrected chi connectivity index (χ0v) is 11.6. The first-order chi connectivity index (χ1) is 9.90. The molecule has 0 saturated carbocycles. The molecule has 1 saturated heterocycles. The molecule has 2 N–H and O–H groups in total. The number of amides is 1. The lowest BCUT2D eigenvalue weighted by Gasteiger charge is -2.32. The Morgan fingerprint density at radius 3 is 2.62 bits per heavy atom. The molecule has 1 aromatic carbocycles. The van der Waals surface area contributed by atoms with Gasteiger partial charge >= 0.3 is 6.61 Å². The zero-order chi connectivity index (χ0) is 15.5. The van der Waals surface area contributed by atoms with Gasteiger partial charge in [0.2, 0.25) is 5.91 Å². The molecule has 4 nitrogen and oxygen atoms in total. The van der Waals surface area contributed by atoms with Crippen LogP contribution in [0.3, 0.4) is 0 Å². The molecular weight excluding hydrogens is 285 g/mol. The van der Waals surface area contributed by atoms with E-state index < -0.39 is 23.6 Å². The average molecular weight is 302 g/mol. The normalized spacial score (nSPS) is 17.6. The van der Waals surface area contributed by atoms with Gasteiger partial charge in [0, 0.05) is 17.2 Å². The maximum atomic E-state index is 13.6. The maximum absolute atomic E-state index is 13.6.